The molecule has 0 aliphatic heterocycles. The topological polar surface area (TPSA) is 35.5 Å². The van der Waals surface area contributed by atoms with Gasteiger partial charge in [0.25, 0.3) is 0 Å². The third-order valence-electron chi connectivity index (χ3n) is 8.03. The molecule has 2 saturated carbocycles. The van der Waals surface area contributed by atoms with E-state index in [0.717, 1.165) is 50.3 Å². The zero-order chi connectivity index (χ0) is 27.6. The van der Waals surface area contributed by atoms with Gasteiger partial charge >= 0.3 is 12.3 Å². The van der Waals surface area contributed by atoms with Crippen LogP contribution in [0.5, 0.6) is 11.5 Å². The van der Waals surface area contributed by atoms with Gasteiger partial charge in [-0.25, -0.2) is 17.6 Å². The van der Waals surface area contributed by atoms with Crippen molar-refractivity contribution in [2.24, 2.45) is 23.7 Å². The van der Waals surface area contributed by atoms with Gasteiger partial charge in [-0.15, -0.1) is 13.2 Å². The summed E-state index contributed by atoms with van der Waals surface area (Å²) in [6, 6.07) is 3.64. The van der Waals surface area contributed by atoms with Crippen LogP contribution in [0.1, 0.15) is 64.7 Å². The number of carbonyl (C=O) groups excluding carboxylic acids is 1. The van der Waals surface area contributed by atoms with E-state index in [1.807, 2.05) is 0 Å². The van der Waals surface area contributed by atoms with Crippen molar-refractivity contribution in [2.75, 3.05) is 0 Å². The minimum absolute atomic E-state index is 0.0700. The van der Waals surface area contributed by atoms with E-state index >= 15 is 8.78 Å². The maximum Gasteiger partial charge on any atom is 0.573 e. The van der Waals surface area contributed by atoms with Gasteiger partial charge in [-0.05, 0) is 73.1 Å². The lowest BCUT2D eigenvalue weighted by molar-refractivity contribution is -0.276. The second-order valence-electron chi connectivity index (χ2n) is 10.6. The Hall–Kier alpha value is -2.52. The summed E-state index contributed by atoms with van der Waals surface area (Å²) in [5.41, 5.74) is 0. The van der Waals surface area contributed by atoms with Gasteiger partial charge in [0.2, 0.25) is 5.75 Å². The van der Waals surface area contributed by atoms with Crippen LogP contribution in [0.25, 0.3) is 10.8 Å². The maximum atomic E-state index is 15.1. The lowest BCUT2D eigenvalue weighted by Crippen LogP contribution is -2.44. The second-order valence-corrected chi connectivity index (χ2v) is 10.6. The quantitative estimate of drug-likeness (QED) is 0.197. The van der Waals surface area contributed by atoms with E-state index in [-0.39, 0.29) is 35.8 Å². The molecule has 2 aliphatic carbocycles. The number of unbranched alkanes of at least 4 members (excludes halogenated alkanes) is 1. The van der Waals surface area contributed by atoms with Crippen molar-refractivity contribution in [1.82, 2.24) is 0 Å². The van der Waals surface area contributed by atoms with Crippen LogP contribution in [0.3, 0.4) is 0 Å². The summed E-state index contributed by atoms with van der Waals surface area (Å²) in [7, 11) is 0. The van der Waals surface area contributed by atoms with Crippen molar-refractivity contribution >= 4 is 16.7 Å². The Labute approximate surface area is 216 Å². The molecule has 2 aromatic carbocycles. The number of fused-ring (bicyclic) bond motifs is 1. The molecule has 0 heterocycles. The Morgan fingerprint density at radius 3 is 2.24 bits per heavy atom. The molecule has 0 spiro atoms. The fourth-order valence-electron chi connectivity index (χ4n) is 6.06. The molecule has 210 valence electrons. The summed E-state index contributed by atoms with van der Waals surface area (Å²) < 4.78 is 105. The molecule has 2 fully saturated rings. The molecule has 38 heavy (non-hydrogen) atoms. The first-order valence-corrected chi connectivity index (χ1v) is 13.1. The zero-order valence-corrected chi connectivity index (χ0v) is 21.0. The lowest BCUT2D eigenvalue weighted by atomic mass is 9.67. The lowest BCUT2D eigenvalue weighted by Gasteiger charge is -2.40. The summed E-state index contributed by atoms with van der Waals surface area (Å²) >= 11 is 0. The van der Waals surface area contributed by atoms with Gasteiger partial charge in [0.1, 0.15) is 24.0 Å². The molecule has 4 rings (SSSR count). The number of carbonyl (C=O) groups is 1. The van der Waals surface area contributed by atoms with E-state index in [1.165, 1.54) is 12.8 Å². The minimum Gasteiger partial charge on any atom is -0.426 e. The van der Waals surface area contributed by atoms with E-state index < -0.39 is 53.4 Å². The van der Waals surface area contributed by atoms with Crippen LogP contribution >= 0.6 is 0 Å². The molecule has 0 bridgehead atoms. The van der Waals surface area contributed by atoms with Gasteiger partial charge in [0.05, 0.1) is 0 Å². The van der Waals surface area contributed by atoms with Gasteiger partial charge < -0.3 is 9.47 Å². The van der Waals surface area contributed by atoms with Crippen molar-refractivity contribution < 1.29 is 45.0 Å². The van der Waals surface area contributed by atoms with Crippen molar-refractivity contribution in [3.63, 3.8) is 0 Å². The molecule has 0 aromatic heterocycles. The molecule has 0 N–H and O–H groups in total. The van der Waals surface area contributed by atoms with Crippen LogP contribution in [-0.4, -0.2) is 24.7 Å². The largest absolute Gasteiger partial charge is 0.573 e. The highest BCUT2D eigenvalue weighted by Gasteiger charge is 2.46. The number of hydrogen-bond acceptors (Lipinski definition) is 3. The molecule has 0 radical (unpaired) electrons. The van der Waals surface area contributed by atoms with Crippen LogP contribution < -0.4 is 9.47 Å². The fraction of sp³-hybridized carbons (Fsp3) is 0.607. The molecule has 10 heteroatoms. The molecule has 2 aliphatic rings. The third-order valence-corrected chi connectivity index (χ3v) is 8.03. The van der Waals surface area contributed by atoms with Gasteiger partial charge in [-0.1, -0.05) is 39.0 Å². The van der Waals surface area contributed by atoms with E-state index in [0.29, 0.717) is 12.0 Å². The summed E-state index contributed by atoms with van der Waals surface area (Å²) in [5, 5.41) is -0.631. The average Bonchev–Trinajstić information content (AvgIpc) is 2.84. The number of hydrogen-bond donors (Lipinski definition) is 0. The summed E-state index contributed by atoms with van der Waals surface area (Å²) in [6.07, 6.45) is -1.09. The predicted molar refractivity (Wildman–Crippen MR) is 127 cm³/mol. The van der Waals surface area contributed by atoms with Crippen molar-refractivity contribution in [3.8, 4) is 11.5 Å². The Morgan fingerprint density at radius 1 is 0.974 bits per heavy atom. The summed E-state index contributed by atoms with van der Waals surface area (Å²) in [5.74, 6) is -7.04. The van der Waals surface area contributed by atoms with Gasteiger partial charge in [0.15, 0.2) is 11.6 Å². The Kier molecular flexibility index (Phi) is 8.77. The van der Waals surface area contributed by atoms with E-state index in [4.69, 9.17) is 4.74 Å². The average molecular weight is 549 g/mol. The standard InChI is InChI=1S/C28H31F7O3/c1-2-3-4-15-5-7-16(8-6-15)17-12-21(29)24(22(30)13-17)27(36)37-19-9-10-20-18(11-19)14-23(31)26(25(20)32)38-28(33,34)35/h9-11,14-17,21-22,24H,2-8,12-13H2,1H3. The van der Waals surface area contributed by atoms with Crippen molar-refractivity contribution in [2.45, 2.75) is 83.4 Å². The number of alkyl halides is 5. The smallest absolute Gasteiger partial charge is 0.426 e. The first-order chi connectivity index (χ1) is 18.0. The molecule has 2 aromatic rings. The highest BCUT2D eigenvalue weighted by atomic mass is 19.4. The van der Waals surface area contributed by atoms with E-state index in [1.54, 1.807) is 0 Å². The number of esters is 1. The monoisotopic (exact) mass is 548 g/mol. The predicted octanol–water partition coefficient (Wildman–Crippen LogP) is 8.62. The van der Waals surface area contributed by atoms with Crippen LogP contribution in [0.2, 0.25) is 0 Å². The summed E-state index contributed by atoms with van der Waals surface area (Å²) in [4.78, 5) is 12.7. The van der Waals surface area contributed by atoms with Crippen LogP contribution in [0, 0.1) is 35.3 Å². The minimum atomic E-state index is -5.30. The highest BCUT2D eigenvalue weighted by molar-refractivity contribution is 5.87. The molecule has 2 atom stereocenters. The number of benzene rings is 2. The maximum absolute atomic E-state index is 15.1. The van der Waals surface area contributed by atoms with E-state index in [2.05, 4.69) is 11.7 Å². The molecular weight excluding hydrogens is 517 g/mol. The molecular formula is C28H31F7O3. The molecule has 2 unspecified atom stereocenters. The molecule has 0 amide bonds. The SMILES string of the molecule is CCCCC1CCC(C2CC(F)C(C(=O)Oc3ccc4c(F)c(OC(F)(F)F)c(F)cc4c3)C(F)C2)CC1. The van der Waals surface area contributed by atoms with Crippen LogP contribution in [0.15, 0.2) is 24.3 Å². The number of ether oxygens (including phenoxy) is 2. The summed E-state index contributed by atoms with van der Waals surface area (Å²) in [6.45, 7) is 2.16. The zero-order valence-electron chi connectivity index (χ0n) is 21.0. The molecule has 3 nitrogen and oxygen atoms in total. The Balaban J connectivity index is 1.40. The third kappa shape index (κ3) is 6.54. The first kappa shape index (κ1) is 28.5. The first-order valence-electron chi connectivity index (χ1n) is 13.1. The Bertz CT molecular complexity index is 1120. The van der Waals surface area contributed by atoms with Gasteiger partial charge in [-0.2, -0.15) is 0 Å². The molecule has 0 saturated heterocycles. The second kappa shape index (κ2) is 11.7. The number of rotatable bonds is 7. The number of halogens is 7. The van der Waals surface area contributed by atoms with Crippen LogP contribution in [0.4, 0.5) is 30.7 Å². The van der Waals surface area contributed by atoms with Crippen molar-refractivity contribution in [1.29, 1.82) is 0 Å². The van der Waals surface area contributed by atoms with E-state index in [9.17, 15) is 26.7 Å². The van der Waals surface area contributed by atoms with Crippen molar-refractivity contribution in [3.05, 3.63) is 35.9 Å². The highest BCUT2D eigenvalue weighted by Crippen LogP contribution is 2.44. The van der Waals surface area contributed by atoms with Gasteiger partial charge in [0, 0.05) is 5.39 Å². The normalized spacial score (nSPS) is 28.3. The fourth-order valence-corrected chi connectivity index (χ4v) is 6.06. The Morgan fingerprint density at radius 2 is 1.63 bits per heavy atom. The van der Waals surface area contributed by atoms with Gasteiger partial charge in [-0.3, -0.25) is 4.79 Å². The van der Waals surface area contributed by atoms with Crippen LogP contribution in [-0.2, 0) is 4.79 Å².